The second-order valence-electron chi connectivity index (χ2n) is 2.66. The zero-order valence-electron chi connectivity index (χ0n) is 6.97. The SMILES string of the molecule is NCCc1cccc(S(=O)(=O)O)c1. The molecular formula is C8H11NO3S. The van der Waals surface area contributed by atoms with Gasteiger partial charge in [0.15, 0.2) is 0 Å². The second-order valence-corrected chi connectivity index (χ2v) is 4.08. The highest BCUT2D eigenvalue weighted by atomic mass is 32.2. The Morgan fingerprint density at radius 1 is 1.38 bits per heavy atom. The Labute approximate surface area is 77.1 Å². The largest absolute Gasteiger partial charge is 0.330 e. The number of rotatable bonds is 3. The topological polar surface area (TPSA) is 80.4 Å². The predicted molar refractivity (Wildman–Crippen MR) is 49.0 cm³/mol. The van der Waals surface area contributed by atoms with Crippen molar-refractivity contribution >= 4 is 10.1 Å². The molecule has 1 aromatic carbocycles. The van der Waals surface area contributed by atoms with Crippen molar-refractivity contribution < 1.29 is 13.0 Å². The third kappa shape index (κ3) is 2.80. The maximum Gasteiger partial charge on any atom is 0.294 e. The number of hydrogen-bond acceptors (Lipinski definition) is 3. The van der Waals surface area contributed by atoms with Crippen LogP contribution in [0.5, 0.6) is 0 Å². The molecule has 0 spiro atoms. The lowest BCUT2D eigenvalue weighted by atomic mass is 10.2. The van der Waals surface area contributed by atoms with Gasteiger partial charge in [-0.3, -0.25) is 4.55 Å². The van der Waals surface area contributed by atoms with Gasteiger partial charge in [0.25, 0.3) is 10.1 Å². The molecule has 0 amide bonds. The molecule has 4 nitrogen and oxygen atoms in total. The summed E-state index contributed by atoms with van der Waals surface area (Å²) in [6, 6.07) is 6.10. The van der Waals surface area contributed by atoms with E-state index in [1.54, 1.807) is 12.1 Å². The molecule has 1 aromatic rings. The van der Waals surface area contributed by atoms with E-state index in [2.05, 4.69) is 0 Å². The van der Waals surface area contributed by atoms with Crippen molar-refractivity contribution in [1.82, 2.24) is 0 Å². The molecular weight excluding hydrogens is 190 g/mol. The van der Waals surface area contributed by atoms with Crippen LogP contribution in [0.2, 0.25) is 0 Å². The molecule has 3 N–H and O–H groups in total. The fourth-order valence-electron chi connectivity index (χ4n) is 1.03. The molecule has 0 aliphatic rings. The molecule has 1 rings (SSSR count). The van der Waals surface area contributed by atoms with Crippen LogP contribution >= 0.6 is 0 Å². The van der Waals surface area contributed by atoms with Gasteiger partial charge in [-0.1, -0.05) is 12.1 Å². The summed E-state index contributed by atoms with van der Waals surface area (Å²) in [5, 5.41) is 0. The second kappa shape index (κ2) is 3.87. The predicted octanol–water partition coefficient (Wildman–Crippen LogP) is 0.435. The molecule has 0 radical (unpaired) electrons. The van der Waals surface area contributed by atoms with Gasteiger partial charge in [0.2, 0.25) is 0 Å². The van der Waals surface area contributed by atoms with E-state index in [1.807, 2.05) is 0 Å². The van der Waals surface area contributed by atoms with Gasteiger partial charge >= 0.3 is 0 Å². The van der Waals surface area contributed by atoms with E-state index in [0.717, 1.165) is 5.56 Å². The first kappa shape index (κ1) is 10.2. The summed E-state index contributed by atoms with van der Waals surface area (Å²) in [6.07, 6.45) is 0.601. The van der Waals surface area contributed by atoms with Gasteiger partial charge in [-0.15, -0.1) is 0 Å². The number of nitrogens with two attached hydrogens (primary N) is 1. The van der Waals surface area contributed by atoms with Gasteiger partial charge in [0.1, 0.15) is 0 Å². The Bertz CT molecular complexity index is 386. The van der Waals surface area contributed by atoms with Crippen molar-refractivity contribution in [3.8, 4) is 0 Å². The highest BCUT2D eigenvalue weighted by Crippen LogP contribution is 2.10. The third-order valence-corrected chi connectivity index (χ3v) is 2.48. The molecule has 0 fully saturated rings. The molecule has 0 atom stereocenters. The summed E-state index contributed by atoms with van der Waals surface area (Å²) < 4.78 is 30.1. The van der Waals surface area contributed by atoms with Crippen molar-refractivity contribution in [1.29, 1.82) is 0 Å². The van der Waals surface area contributed by atoms with Crippen molar-refractivity contribution in [2.24, 2.45) is 5.73 Å². The van der Waals surface area contributed by atoms with Crippen LogP contribution in [0.15, 0.2) is 29.2 Å². The lowest BCUT2D eigenvalue weighted by molar-refractivity contribution is 0.483. The van der Waals surface area contributed by atoms with Gasteiger partial charge in [-0.05, 0) is 30.7 Å². The van der Waals surface area contributed by atoms with Crippen molar-refractivity contribution in [2.75, 3.05) is 6.54 Å². The third-order valence-electron chi connectivity index (χ3n) is 1.63. The summed E-state index contributed by atoms with van der Waals surface area (Å²) in [7, 11) is -4.08. The van der Waals surface area contributed by atoms with Crippen LogP contribution in [0.4, 0.5) is 0 Å². The maximum absolute atomic E-state index is 10.7. The standard InChI is InChI=1S/C8H11NO3S/c9-5-4-7-2-1-3-8(6-7)13(10,11)12/h1-3,6H,4-5,9H2,(H,10,11,12). The minimum absolute atomic E-state index is 0.0848. The first-order chi connectivity index (χ1) is 6.04. The number of benzene rings is 1. The van der Waals surface area contributed by atoms with Gasteiger partial charge in [-0.25, -0.2) is 0 Å². The molecule has 0 unspecified atom stereocenters. The van der Waals surface area contributed by atoms with Crippen LogP contribution in [0.25, 0.3) is 0 Å². The number of hydrogen-bond donors (Lipinski definition) is 2. The Kier molecular flexibility index (Phi) is 3.02. The average Bonchev–Trinajstić information content (AvgIpc) is 2.04. The highest BCUT2D eigenvalue weighted by molar-refractivity contribution is 7.85. The van der Waals surface area contributed by atoms with Crippen LogP contribution in [0, 0.1) is 0 Å². The summed E-state index contributed by atoms with van der Waals surface area (Å²) in [5.41, 5.74) is 6.11. The molecule has 0 aliphatic carbocycles. The normalized spacial score (nSPS) is 11.5. The van der Waals surface area contributed by atoms with Crippen LogP contribution in [-0.4, -0.2) is 19.5 Å². The zero-order chi connectivity index (χ0) is 9.90. The van der Waals surface area contributed by atoms with E-state index in [9.17, 15) is 8.42 Å². The van der Waals surface area contributed by atoms with Crippen molar-refractivity contribution in [3.63, 3.8) is 0 Å². The first-order valence-electron chi connectivity index (χ1n) is 3.80. The van der Waals surface area contributed by atoms with E-state index in [0.29, 0.717) is 13.0 Å². The van der Waals surface area contributed by atoms with Crippen molar-refractivity contribution in [2.45, 2.75) is 11.3 Å². The molecule has 13 heavy (non-hydrogen) atoms. The van der Waals surface area contributed by atoms with Gasteiger partial charge < -0.3 is 5.73 Å². The fourth-order valence-corrected chi connectivity index (χ4v) is 1.58. The summed E-state index contributed by atoms with van der Waals surface area (Å²) in [5.74, 6) is 0. The van der Waals surface area contributed by atoms with E-state index < -0.39 is 10.1 Å². The Hall–Kier alpha value is -0.910. The maximum atomic E-state index is 10.7. The Balaban J connectivity index is 3.06. The zero-order valence-corrected chi connectivity index (χ0v) is 7.79. The Morgan fingerprint density at radius 2 is 2.08 bits per heavy atom. The molecule has 5 heteroatoms. The quantitative estimate of drug-likeness (QED) is 0.695. The summed E-state index contributed by atoms with van der Waals surface area (Å²) in [6.45, 7) is 0.453. The minimum Gasteiger partial charge on any atom is -0.330 e. The lowest BCUT2D eigenvalue weighted by Gasteiger charge is -2.00. The van der Waals surface area contributed by atoms with Gasteiger partial charge in [0, 0.05) is 0 Å². The smallest absolute Gasteiger partial charge is 0.294 e. The first-order valence-corrected chi connectivity index (χ1v) is 5.24. The van der Waals surface area contributed by atoms with Crippen LogP contribution in [0.1, 0.15) is 5.56 Å². The van der Waals surface area contributed by atoms with E-state index in [1.165, 1.54) is 12.1 Å². The van der Waals surface area contributed by atoms with Crippen molar-refractivity contribution in [3.05, 3.63) is 29.8 Å². The molecule has 0 saturated heterocycles. The van der Waals surface area contributed by atoms with Gasteiger partial charge in [0.05, 0.1) is 4.90 Å². The molecule has 0 aliphatic heterocycles. The summed E-state index contributed by atoms with van der Waals surface area (Å²) >= 11 is 0. The average molecular weight is 201 g/mol. The van der Waals surface area contributed by atoms with E-state index in [4.69, 9.17) is 10.3 Å². The van der Waals surface area contributed by atoms with Crippen LogP contribution < -0.4 is 5.73 Å². The van der Waals surface area contributed by atoms with Gasteiger partial charge in [-0.2, -0.15) is 8.42 Å². The molecule has 0 aromatic heterocycles. The van der Waals surface area contributed by atoms with Crippen LogP contribution in [-0.2, 0) is 16.5 Å². The Morgan fingerprint density at radius 3 is 2.62 bits per heavy atom. The highest BCUT2D eigenvalue weighted by Gasteiger charge is 2.08. The molecule has 0 saturated carbocycles. The van der Waals surface area contributed by atoms with E-state index in [-0.39, 0.29) is 4.90 Å². The monoisotopic (exact) mass is 201 g/mol. The fraction of sp³-hybridized carbons (Fsp3) is 0.250. The molecule has 0 bridgehead atoms. The molecule has 72 valence electrons. The molecule has 0 heterocycles. The van der Waals surface area contributed by atoms with E-state index >= 15 is 0 Å². The lowest BCUT2D eigenvalue weighted by Crippen LogP contribution is -2.04. The minimum atomic E-state index is -4.08. The summed E-state index contributed by atoms with van der Waals surface area (Å²) in [4.78, 5) is -0.0848. The van der Waals surface area contributed by atoms with Crippen LogP contribution in [0.3, 0.4) is 0 Å².